The maximum atomic E-state index is 12.6. The fourth-order valence-corrected chi connectivity index (χ4v) is 1.65. The zero-order valence-corrected chi connectivity index (χ0v) is 11.1. The van der Waals surface area contributed by atoms with E-state index in [2.05, 4.69) is 0 Å². The minimum atomic E-state index is -5.61. The molecule has 4 N–H and O–H groups in total. The second-order valence-electron chi connectivity index (χ2n) is 4.75. The van der Waals surface area contributed by atoms with Gasteiger partial charge in [-0.3, -0.25) is 0 Å². The Hall–Kier alpha value is -1.25. The molecule has 0 radical (unpaired) electrons. The second-order valence-corrected chi connectivity index (χ2v) is 4.75. The lowest BCUT2D eigenvalue weighted by Crippen LogP contribution is -2.49. The minimum absolute atomic E-state index is 0.291. The van der Waals surface area contributed by atoms with E-state index in [1.807, 2.05) is 5.32 Å². The van der Waals surface area contributed by atoms with Gasteiger partial charge in [0.05, 0.1) is 12.6 Å². The number of hydrogen-bond donors (Lipinski definition) is 3. The van der Waals surface area contributed by atoms with E-state index in [-0.39, 0.29) is 0 Å². The highest BCUT2D eigenvalue weighted by Gasteiger charge is 2.56. The third-order valence-corrected chi connectivity index (χ3v) is 2.92. The summed E-state index contributed by atoms with van der Waals surface area (Å²) >= 11 is 0. The van der Waals surface area contributed by atoms with Crippen LogP contribution in [0.2, 0.25) is 0 Å². The summed E-state index contributed by atoms with van der Waals surface area (Å²) in [6, 6.07) is 8.13. The van der Waals surface area contributed by atoms with Crippen LogP contribution in [0.3, 0.4) is 0 Å². The zero-order valence-electron chi connectivity index (χ0n) is 11.1. The quantitative estimate of drug-likeness (QED) is 0.672. The van der Waals surface area contributed by atoms with Gasteiger partial charge in [0.2, 0.25) is 0 Å². The zero-order chi connectivity index (χ0) is 16.1. The van der Waals surface area contributed by atoms with Gasteiger partial charge in [0.15, 0.2) is 0 Å². The van der Waals surface area contributed by atoms with Crippen molar-refractivity contribution < 1.29 is 27.1 Å². The molecule has 120 valence electrons. The molecule has 0 fully saturated rings. The molecule has 0 aliphatic carbocycles. The Balaban J connectivity index is 2.38. The summed E-state index contributed by atoms with van der Waals surface area (Å²) in [5.41, 5.74) is 6.52. The van der Waals surface area contributed by atoms with E-state index in [0.717, 1.165) is 5.56 Å². The molecular formula is C13H17F5N2O. The molecule has 21 heavy (non-hydrogen) atoms. The average molecular weight is 312 g/mol. The molecule has 1 aromatic carbocycles. The van der Waals surface area contributed by atoms with E-state index in [1.54, 1.807) is 30.3 Å². The number of alkyl halides is 5. The van der Waals surface area contributed by atoms with Crippen LogP contribution in [0.4, 0.5) is 22.0 Å². The number of nitrogens with two attached hydrogens (primary N) is 1. The molecule has 3 nitrogen and oxygen atoms in total. The first-order valence-electron chi connectivity index (χ1n) is 6.26. The van der Waals surface area contributed by atoms with Gasteiger partial charge in [-0.25, -0.2) is 0 Å². The minimum Gasteiger partial charge on any atom is -0.390 e. The standard InChI is InChI=1S/C13H17F5N2O/c14-12(15,13(16,17)18)8-20-7-11(21)10(19)6-9-4-2-1-3-5-9/h1-5,10-11,20-21H,6-8,19H2/t10-,11+/m0/s1. The average Bonchev–Trinajstić information content (AvgIpc) is 2.38. The van der Waals surface area contributed by atoms with Gasteiger partial charge in [-0.1, -0.05) is 30.3 Å². The predicted octanol–water partition coefficient (Wildman–Crippen LogP) is 1.70. The Kier molecular flexibility index (Phi) is 6.06. The lowest BCUT2D eigenvalue weighted by molar-refractivity contribution is -0.279. The number of hydrogen-bond acceptors (Lipinski definition) is 3. The lowest BCUT2D eigenvalue weighted by Gasteiger charge is -2.23. The van der Waals surface area contributed by atoms with Crippen molar-refractivity contribution in [1.29, 1.82) is 0 Å². The van der Waals surface area contributed by atoms with Crippen molar-refractivity contribution in [3.05, 3.63) is 35.9 Å². The molecule has 8 heteroatoms. The topological polar surface area (TPSA) is 58.3 Å². The van der Waals surface area contributed by atoms with Crippen molar-refractivity contribution >= 4 is 0 Å². The maximum Gasteiger partial charge on any atom is 0.454 e. The van der Waals surface area contributed by atoms with Crippen LogP contribution in [0.1, 0.15) is 5.56 Å². The molecule has 0 amide bonds. The third kappa shape index (κ3) is 5.56. The van der Waals surface area contributed by atoms with Gasteiger partial charge in [0.1, 0.15) is 0 Å². The molecule has 0 bridgehead atoms. The van der Waals surface area contributed by atoms with Crippen LogP contribution in [0.15, 0.2) is 30.3 Å². The number of nitrogens with one attached hydrogen (secondary N) is 1. The number of halogens is 5. The fourth-order valence-electron chi connectivity index (χ4n) is 1.65. The van der Waals surface area contributed by atoms with Crippen LogP contribution < -0.4 is 11.1 Å². The number of aliphatic hydroxyl groups excluding tert-OH is 1. The number of aliphatic hydroxyl groups is 1. The summed E-state index contributed by atoms with van der Waals surface area (Å²) in [4.78, 5) is 0. The van der Waals surface area contributed by atoms with E-state index in [0.29, 0.717) is 6.42 Å². The maximum absolute atomic E-state index is 12.6. The Morgan fingerprint density at radius 3 is 2.19 bits per heavy atom. The van der Waals surface area contributed by atoms with Gasteiger partial charge in [-0.2, -0.15) is 22.0 Å². The van der Waals surface area contributed by atoms with E-state index in [9.17, 15) is 27.1 Å². The van der Waals surface area contributed by atoms with Crippen molar-refractivity contribution in [2.24, 2.45) is 5.73 Å². The van der Waals surface area contributed by atoms with Crippen LogP contribution in [-0.2, 0) is 6.42 Å². The van der Waals surface area contributed by atoms with Crippen LogP contribution in [-0.4, -0.2) is 42.4 Å². The molecule has 0 saturated carbocycles. The summed E-state index contributed by atoms with van der Waals surface area (Å²) in [6.07, 6.45) is -6.55. The Labute approximate surface area is 118 Å². The van der Waals surface area contributed by atoms with Gasteiger partial charge in [0, 0.05) is 12.6 Å². The fraction of sp³-hybridized carbons (Fsp3) is 0.538. The van der Waals surface area contributed by atoms with Crippen LogP contribution >= 0.6 is 0 Å². The highest BCUT2D eigenvalue weighted by Crippen LogP contribution is 2.34. The molecule has 0 spiro atoms. The number of benzene rings is 1. The molecule has 1 rings (SSSR count). The first-order chi connectivity index (χ1) is 9.63. The third-order valence-electron chi connectivity index (χ3n) is 2.92. The lowest BCUT2D eigenvalue weighted by atomic mass is 10.0. The summed E-state index contributed by atoms with van der Waals surface area (Å²) in [5, 5.41) is 11.6. The van der Waals surface area contributed by atoms with E-state index in [4.69, 9.17) is 5.73 Å². The van der Waals surface area contributed by atoms with Gasteiger partial charge in [-0.15, -0.1) is 0 Å². The van der Waals surface area contributed by atoms with Gasteiger partial charge in [-0.05, 0) is 12.0 Å². The van der Waals surface area contributed by atoms with Crippen molar-refractivity contribution in [2.45, 2.75) is 30.7 Å². The van der Waals surface area contributed by atoms with Gasteiger partial charge >= 0.3 is 12.1 Å². The monoisotopic (exact) mass is 312 g/mol. The van der Waals surface area contributed by atoms with Gasteiger partial charge in [0.25, 0.3) is 0 Å². The molecule has 0 unspecified atom stereocenters. The molecule has 0 aliphatic heterocycles. The first kappa shape index (κ1) is 17.8. The highest BCUT2D eigenvalue weighted by atomic mass is 19.4. The second kappa shape index (κ2) is 7.15. The number of rotatable bonds is 7. The van der Waals surface area contributed by atoms with E-state index in [1.165, 1.54) is 0 Å². The Bertz CT molecular complexity index is 424. The first-order valence-corrected chi connectivity index (χ1v) is 6.26. The largest absolute Gasteiger partial charge is 0.454 e. The van der Waals surface area contributed by atoms with Crippen molar-refractivity contribution in [1.82, 2.24) is 5.32 Å². The SMILES string of the molecule is N[C@@H](Cc1ccccc1)[C@H](O)CNCC(F)(F)C(F)(F)F. The van der Waals surface area contributed by atoms with Crippen molar-refractivity contribution in [3.63, 3.8) is 0 Å². The summed E-state index contributed by atoms with van der Waals surface area (Å²) in [5.74, 6) is -4.84. The predicted molar refractivity (Wildman–Crippen MR) is 68.0 cm³/mol. The summed E-state index contributed by atoms with van der Waals surface area (Å²) < 4.78 is 61.0. The Morgan fingerprint density at radius 2 is 1.67 bits per heavy atom. The molecule has 0 saturated heterocycles. The van der Waals surface area contributed by atoms with Crippen LogP contribution in [0, 0.1) is 0 Å². The Morgan fingerprint density at radius 1 is 1.10 bits per heavy atom. The smallest absolute Gasteiger partial charge is 0.390 e. The van der Waals surface area contributed by atoms with Crippen LogP contribution in [0.5, 0.6) is 0 Å². The van der Waals surface area contributed by atoms with Crippen molar-refractivity contribution in [2.75, 3.05) is 13.1 Å². The molecule has 0 aromatic heterocycles. The van der Waals surface area contributed by atoms with Gasteiger partial charge < -0.3 is 16.2 Å². The van der Waals surface area contributed by atoms with E-state index < -0.39 is 37.3 Å². The molecule has 2 atom stereocenters. The van der Waals surface area contributed by atoms with Crippen LogP contribution in [0.25, 0.3) is 0 Å². The molecule has 1 aromatic rings. The van der Waals surface area contributed by atoms with E-state index >= 15 is 0 Å². The summed E-state index contributed by atoms with van der Waals surface area (Å²) in [6.45, 7) is -2.04. The summed E-state index contributed by atoms with van der Waals surface area (Å²) in [7, 11) is 0. The van der Waals surface area contributed by atoms with Crippen molar-refractivity contribution in [3.8, 4) is 0 Å². The molecular weight excluding hydrogens is 295 g/mol. The normalized spacial score (nSPS) is 15.8. The molecule has 0 aliphatic rings. The highest BCUT2D eigenvalue weighted by molar-refractivity contribution is 5.16. The molecule has 0 heterocycles.